The molecule has 0 saturated heterocycles. The second kappa shape index (κ2) is 5.23. The van der Waals surface area contributed by atoms with Gasteiger partial charge in [0, 0.05) is 12.3 Å². The smallest absolute Gasteiger partial charge is 0.299 e. The first-order chi connectivity index (χ1) is 9.20. The van der Waals surface area contributed by atoms with Crippen LogP contribution in [0.1, 0.15) is 44.2 Å². The van der Waals surface area contributed by atoms with E-state index >= 15 is 0 Å². The lowest BCUT2D eigenvalue weighted by atomic mass is 9.78. The molecule has 20 heavy (non-hydrogen) atoms. The molecule has 0 aliphatic heterocycles. The van der Waals surface area contributed by atoms with E-state index in [2.05, 4.69) is 13.8 Å². The number of ketones is 1. The average molecular weight is 284 g/mol. The van der Waals surface area contributed by atoms with Crippen LogP contribution in [-0.2, 0) is 17.4 Å². The lowest BCUT2D eigenvalue weighted by Crippen LogP contribution is -2.27. The molecule has 0 N–H and O–H groups in total. The first-order valence-electron chi connectivity index (χ1n) is 6.89. The number of alkyl halides is 3. The molecule has 1 nitrogen and oxygen atoms in total. The van der Waals surface area contributed by atoms with Crippen LogP contribution in [0.15, 0.2) is 24.3 Å². The van der Waals surface area contributed by atoms with Crippen LogP contribution in [0.2, 0.25) is 0 Å². The quantitative estimate of drug-likeness (QED) is 0.790. The number of carbonyl (C=O) groups excluding carboxylic acids is 1. The third-order valence-electron chi connectivity index (χ3n) is 4.31. The van der Waals surface area contributed by atoms with Gasteiger partial charge in [0.1, 0.15) is 5.78 Å². The van der Waals surface area contributed by atoms with Gasteiger partial charge in [-0.15, -0.1) is 0 Å². The molecule has 0 amide bonds. The highest BCUT2D eigenvalue weighted by molar-refractivity contribution is 5.84. The van der Waals surface area contributed by atoms with E-state index in [1.165, 1.54) is 12.1 Å². The summed E-state index contributed by atoms with van der Waals surface area (Å²) in [6.45, 7) is 4.19. The molecule has 1 aromatic carbocycles. The molecular weight excluding hydrogens is 265 g/mol. The van der Waals surface area contributed by atoms with Crippen molar-refractivity contribution in [3.63, 3.8) is 0 Å². The zero-order valence-electron chi connectivity index (χ0n) is 11.8. The summed E-state index contributed by atoms with van der Waals surface area (Å²) >= 11 is 0. The van der Waals surface area contributed by atoms with Gasteiger partial charge in [0.2, 0.25) is 0 Å². The maximum Gasteiger partial charge on any atom is 0.416 e. The summed E-state index contributed by atoms with van der Waals surface area (Å²) in [6.07, 6.45) is -1.11. The minimum atomic E-state index is -4.32. The highest BCUT2D eigenvalue weighted by Gasteiger charge is 2.38. The largest absolute Gasteiger partial charge is 0.416 e. The van der Waals surface area contributed by atoms with E-state index in [0.717, 1.165) is 31.4 Å². The van der Waals surface area contributed by atoms with Gasteiger partial charge < -0.3 is 0 Å². The summed E-state index contributed by atoms with van der Waals surface area (Å²) in [5, 5.41) is 0. The molecular formula is C16H19F3O. The minimum Gasteiger partial charge on any atom is -0.299 e. The number of hydrogen-bond donors (Lipinski definition) is 0. The van der Waals surface area contributed by atoms with Gasteiger partial charge in [0.25, 0.3) is 0 Å². The van der Waals surface area contributed by atoms with Crippen molar-refractivity contribution in [2.75, 3.05) is 0 Å². The predicted molar refractivity (Wildman–Crippen MR) is 71.3 cm³/mol. The van der Waals surface area contributed by atoms with E-state index in [-0.39, 0.29) is 23.5 Å². The Morgan fingerprint density at radius 1 is 1.25 bits per heavy atom. The van der Waals surface area contributed by atoms with Crippen LogP contribution in [-0.4, -0.2) is 5.78 Å². The standard InChI is InChI=1S/C16H19F3O/c1-15(2)9-3-4-13(15)14(20)10-11-5-7-12(8-6-11)16(17,18)19/h5-8,13H,3-4,9-10H2,1-2H3. The first-order valence-corrected chi connectivity index (χ1v) is 6.89. The van der Waals surface area contributed by atoms with Crippen LogP contribution in [0, 0.1) is 11.3 Å². The Labute approximate surface area is 117 Å². The van der Waals surface area contributed by atoms with E-state index in [4.69, 9.17) is 0 Å². The van der Waals surface area contributed by atoms with E-state index in [1.54, 1.807) is 0 Å². The minimum absolute atomic E-state index is 0.0169. The van der Waals surface area contributed by atoms with Gasteiger partial charge in [-0.2, -0.15) is 13.2 Å². The summed E-state index contributed by atoms with van der Waals surface area (Å²) in [6, 6.07) is 4.90. The predicted octanol–water partition coefficient (Wildman–Crippen LogP) is 4.64. The highest BCUT2D eigenvalue weighted by atomic mass is 19.4. The summed E-state index contributed by atoms with van der Waals surface area (Å²) in [7, 11) is 0. The Balaban J connectivity index is 2.05. The maximum atomic E-state index is 12.5. The van der Waals surface area contributed by atoms with Crippen molar-refractivity contribution < 1.29 is 18.0 Å². The van der Waals surface area contributed by atoms with Crippen molar-refractivity contribution in [3.05, 3.63) is 35.4 Å². The molecule has 0 aromatic heterocycles. The molecule has 0 bridgehead atoms. The topological polar surface area (TPSA) is 17.1 Å². The number of hydrogen-bond acceptors (Lipinski definition) is 1. The SMILES string of the molecule is CC1(C)CCCC1C(=O)Cc1ccc(C(F)(F)F)cc1. The van der Waals surface area contributed by atoms with Gasteiger partial charge in [-0.1, -0.05) is 32.4 Å². The number of Topliss-reactive ketones (excluding diaryl/α,β-unsaturated/α-hetero) is 1. The third-order valence-corrected chi connectivity index (χ3v) is 4.31. The lowest BCUT2D eigenvalue weighted by molar-refractivity contribution is -0.137. The summed E-state index contributed by atoms with van der Waals surface area (Å²) < 4.78 is 37.4. The first kappa shape index (κ1) is 15.1. The zero-order chi connectivity index (χ0) is 15.0. The molecule has 1 atom stereocenters. The third kappa shape index (κ3) is 3.22. The Hall–Kier alpha value is -1.32. The molecule has 0 spiro atoms. The fourth-order valence-electron chi connectivity index (χ4n) is 3.06. The van der Waals surface area contributed by atoms with Crippen molar-refractivity contribution in [2.24, 2.45) is 11.3 Å². The van der Waals surface area contributed by atoms with Crippen LogP contribution in [0.3, 0.4) is 0 Å². The average Bonchev–Trinajstić information content (AvgIpc) is 2.68. The summed E-state index contributed by atoms with van der Waals surface area (Å²) in [4.78, 5) is 12.3. The van der Waals surface area contributed by atoms with Gasteiger partial charge in [-0.3, -0.25) is 4.79 Å². The Bertz CT molecular complexity index is 485. The number of halogens is 3. The van der Waals surface area contributed by atoms with E-state index in [0.29, 0.717) is 5.56 Å². The molecule has 1 saturated carbocycles. The van der Waals surface area contributed by atoms with E-state index < -0.39 is 11.7 Å². The van der Waals surface area contributed by atoms with Crippen molar-refractivity contribution >= 4 is 5.78 Å². The van der Waals surface area contributed by atoms with Crippen LogP contribution < -0.4 is 0 Å². The Morgan fingerprint density at radius 3 is 2.30 bits per heavy atom. The summed E-state index contributed by atoms with van der Waals surface area (Å²) in [5.41, 5.74) is 0.00352. The number of rotatable bonds is 3. The normalized spacial score (nSPS) is 21.9. The van der Waals surface area contributed by atoms with Crippen molar-refractivity contribution in [2.45, 2.75) is 45.7 Å². The van der Waals surface area contributed by atoms with Gasteiger partial charge >= 0.3 is 6.18 Å². The van der Waals surface area contributed by atoms with E-state index in [1.807, 2.05) is 0 Å². The molecule has 1 aliphatic carbocycles. The fourth-order valence-corrected chi connectivity index (χ4v) is 3.06. The molecule has 1 fully saturated rings. The van der Waals surface area contributed by atoms with Crippen molar-refractivity contribution in [3.8, 4) is 0 Å². The van der Waals surface area contributed by atoms with Gasteiger partial charge in [-0.25, -0.2) is 0 Å². The van der Waals surface area contributed by atoms with E-state index in [9.17, 15) is 18.0 Å². The molecule has 4 heteroatoms. The molecule has 1 aromatic rings. The molecule has 1 aliphatic rings. The van der Waals surface area contributed by atoms with Crippen molar-refractivity contribution in [1.82, 2.24) is 0 Å². The Morgan fingerprint density at radius 2 is 1.85 bits per heavy atom. The van der Waals surface area contributed by atoms with Crippen molar-refractivity contribution in [1.29, 1.82) is 0 Å². The second-order valence-electron chi connectivity index (χ2n) is 6.27. The van der Waals surface area contributed by atoms with Gasteiger partial charge in [0.15, 0.2) is 0 Å². The van der Waals surface area contributed by atoms with Gasteiger partial charge in [0.05, 0.1) is 5.56 Å². The van der Waals surface area contributed by atoms with Crippen LogP contribution in [0.5, 0.6) is 0 Å². The van der Waals surface area contributed by atoms with Crippen LogP contribution >= 0.6 is 0 Å². The summed E-state index contributed by atoms with van der Waals surface area (Å²) in [5.74, 6) is 0.178. The highest BCUT2D eigenvalue weighted by Crippen LogP contribution is 2.43. The Kier molecular flexibility index (Phi) is 3.94. The number of benzene rings is 1. The fraction of sp³-hybridized carbons (Fsp3) is 0.562. The molecule has 1 unspecified atom stereocenters. The molecule has 0 radical (unpaired) electrons. The van der Waals surface area contributed by atoms with Crippen LogP contribution in [0.4, 0.5) is 13.2 Å². The maximum absolute atomic E-state index is 12.5. The molecule has 0 heterocycles. The number of carbonyl (C=O) groups is 1. The monoisotopic (exact) mass is 284 g/mol. The van der Waals surface area contributed by atoms with Gasteiger partial charge in [-0.05, 0) is 36.0 Å². The lowest BCUT2D eigenvalue weighted by Gasteiger charge is -2.25. The van der Waals surface area contributed by atoms with Crippen LogP contribution in [0.25, 0.3) is 0 Å². The molecule has 110 valence electrons. The molecule has 2 rings (SSSR count). The second-order valence-corrected chi connectivity index (χ2v) is 6.27. The zero-order valence-corrected chi connectivity index (χ0v) is 11.8.